The fourth-order valence-electron chi connectivity index (χ4n) is 1.92. The Bertz CT molecular complexity index is 210. The summed E-state index contributed by atoms with van der Waals surface area (Å²) in [5.41, 5.74) is 1.16. The average Bonchev–Trinajstić information content (AvgIpc) is 2.03. The monoisotopic (exact) mass is 274 g/mol. The van der Waals surface area contributed by atoms with Crippen molar-refractivity contribution < 1.29 is 4.79 Å². The van der Waals surface area contributed by atoms with E-state index in [2.05, 4.69) is 14.8 Å². The van der Waals surface area contributed by atoms with Gasteiger partial charge >= 0.3 is 79.1 Å². The number of aldehydes is 1. The van der Waals surface area contributed by atoms with Gasteiger partial charge in [0.05, 0.1) is 0 Å². The van der Waals surface area contributed by atoms with Gasteiger partial charge in [0.1, 0.15) is 0 Å². The fraction of sp³-hybridized carbons (Fsp3) is 0.700. The minimum atomic E-state index is -1.90. The van der Waals surface area contributed by atoms with Crippen LogP contribution in [0.4, 0.5) is 0 Å². The van der Waals surface area contributed by atoms with Crippen LogP contribution < -0.4 is 0 Å². The molecule has 0 aromatic rings. The molecule has 0 N–H and O–H groups in total. The van der Waals surface area contributed by atoms with E-state index in [4.69, 9.17) is 0 Å². The zero-order chi connectivity index (χ0) is 9.19. The third-order valence-electron chi connectivity index (χ3n) is 2.56. The molecule has 1 aliphatic carbocycles. The maximum absolute atomic E-state index is 10.8. The summed E-state index contributed by atoms with van der Waals surface area (Å²) in [6.07, 6.45) is 5.90. The molecule has 0 radical (unpaired) electrons. The van der Waals surface area contributed by atoms with E-state index in [1.165, 1.54) is 19.3 Å². The first-order valence-electron chi connectivity index (χ1n) is 4.73. The first-order chi connectivity index (χ1) is 5.55. The van der Waals surface area contributed by atoms with E-state index in [0.29, 0.717) is 0 Å². The molecule has 1 aliphatic rings. The Hall–Kier alpha value is 0.209. The third kappa shape index (κ3) is 2.35. The van der Waals surface area contributed by atoms with Crippen LogP contribution in [0.5, 0.6) is 0 Å². The molecule has 0 unspecified atom stereocenters. The summed E-state index contributed by atoms with van der Waals surface area (Å²) < 4.78 is 1.59. The summed E-state index contributed by atoms with van der Waals surface area (Å²) >= 11 is -1.90. The molecule has 2 heteroatoms. The van der Waals surface area contributed by atoms with E-state index >= 15 is 0 Å². The molecule has 0 saturated heterocycles. The molecule has 12 heavy (non-hydrogen) atoms. The second kappa shape index (κ2) is 3.94. The molecule has 0 heterocycles. The quantitative estimate of drug-likeness (QED) is 0.558. The molecule has 0 amide bonds. The number of carbonyl (C=O) groups excluding carboxylic acids is 1. The van der Waals surface area contributed by atoms with Crippen molar-refractivity contribution in [2.24, 2.45) is 0 Å². The second-order valence-electron chi connectivity index (χ2n) is 4.58. The molecule has 0 saturated carbocycles. The van der Waals surface area contributed by atoms with E-state index < -0.39 is 18.4 Å². The molecular weight excluding hydrogens is 255 g/mol. The van der Waals surface area contributed by atoms with Crippen LogP contribution in [0.25, 0.3) is 0 Å². The Labute approximate surface area is 79.1 Å². The standard InChI is InChI=1S/C7H9O.3CH3.Sn/c8-6-7-4-2-1-3-5-7;;;;/h6H,1-4H2;3*1H3;. The molecule has 0 bridgehead atoms. The Morgan fingerprint density at radius 3 is 2.17 bits per heavy atom. The van der Waals surface area contributed by atoms with Gasteiger partial charge in [0, 0.05) is 0 Å². The van der Waals surface area contributed by atoms with Crippen molar-refractivity contribution in [3.05, 3.63) is 9.16 Å². The predicted molar refractivity (Wildman–Crippen MR) is 54.9 cm³/mol. The zero-order valence-corrected chi connectivity index (χ0v) is 11.2. The number of hydrogen-bond donors (Lipinski definition) is 0. The topological polar surface area (TPSA) is 17.1 Å². The number of allylic oxidation sites excluding steroid dienone is 2. The Balaban J connectivity index is 2.95. The van der Waals surface area contributed by atoms with E-state index in [-0.39, 0.29) is 0 Å². The summed E-state index contributed by atoms with van der Waals surface area (Å²) in [6.45, 7) is 0. The van der Waals surface area contributed by atoms with Crippen LogP contribution in [-0.2, 0) is 4.79 Å². The van der Waals surface area contributed by atoms with Crippen LogP contribution in [0.1, 0.15) is 25.7 Å². The van der Waals surface area contributed by atoms with Gasteiger partial charge in [-0.2, -0.15) is 0 Å². The zero-order valence-electron chi connectivity index (χ0n) is 8.31. The second-order valence-corrected chi connectivity index (χ2v) is 19.1. The molecule has 0 atom stereocenters. The molecule has 0 aliphatic heterocycles. The summed E-state index contributed by atoms with van der Waals surface area (Å²) in [4.78, 5) is 18.0. The van der Waals surface area contributed by atoms with Crippen molar-refractivity contribution in [2.75, 3.05) is 0 Å². The third-order valence-corrected chi connectivity index (χ3v) is 9.36. The Morgan fingerprint density at radius 2 is 1.75 bits per heavy atom. The van der Waals surface area contributed by atoms with Crippen molar-refractivity contribution >= 4 is 24.7 Å². The molecular formula is C10H18OSn. The van der Waals surface area contributed by atoms with Gasteiger partial charge in [-0.1, -0.05) is 0 Å². The van der Waals surface area contributed by atoms with Gasteiger partial charge in [-0.3, -0.25) is 0 Å². The molecule has 0 fully saturated rings. The first kappa shape index (κ1) is 10.3. The van der Waals surface area contributed by atoms with Gasteiger partial charge in [-0.15, -0.1) is 0 Å². The van der Waals surface area contributed by atoms with Crippen molar-refractivity contribution in [3.8, 4) is 0 Å². The van der Waals surface area contributed by atoms with E-state index in [9.17, 15) is 4.79 Å². The van der Waals surface area contributed by atoms with Gasteiger partial charge in [-0.05, 0) is 0 Å². The van der Waals surface area contributed by atoms with Gasteiger partial charge in [0.25, 0.3) is 0 Å². The van der Waals surface area contributed by atoms with Crippen LogP contribution in [0, 0.1) is 0 Å². The average molecular weight is 273 g/mol. The Morgan fingerprint density at radius 1 is 1.17 bits per heavy atom. The summed E-state index contributed by atoms with van der Waals surface area (Å²) in [5, 5.41) is 0. The maximum atomic E-state index is 10.8. The van der Waals surface area contributed by atoms with Crippen LogP contribution in [-0.4, -0.2) is 24.7 Å². The van der Waals surface area contributed by atoms with Crippen LogP contribution in [0.3, 0.4) is 0 Å². The summed E-state index contributed by atoms with van der Waals surface area (Å²) in [5.74, 6) is 0. The van der Waals surface area contributed by atoms with Crippen LogP contribution in [0.15, 0.2) is 9.16 Å². The summed E-state index contributed by atoms with van der Waals surface area (Å²) in [7, 11) is 0. The molecule has 68 valence electrons. The molecule has 1 rings (SSSR count). The van der Waals surface area contributed by atoms with Gasteiger partial charge in [0.15, 0.2) is 0 Å². The SMILES string of the molecule is [CH3][Sn]([CH3])([CH3])[C]1=C(C=O)CCCC1. The first-order valence-corrected chi connectivity index (χ1v) is 14.7. The van der Waals surface area contributed by atoms with E-state index in [0.717, 1.165) is 18.3 Å². The fourth-order valence-corrected chi connectivity index (χ4v) is 7.83. The Kier molecular flexibility index (Phi) is 3.38. The van der Waals surface area contributed by atoms with E-state index in [1.54, 1.807) is 3.59 Å². The van der Waals surface area contributed by atoms with Gasteiger partial charge in [0.2, 0.25) is 0 Å². The van der Waals surface area contributed by atoms with E-state index in [1.807, 2.05) is 0 Å². The predicted octanol–water partition coefficient (Wildman–Crippen LogP) is 2.93. The van der Waals surface area contributed by atoms with Crippen LogP contribution >= 0.6 is 0 Å². The number of rotatable bonds is 2. The molecule has 0 aromatic heterocycles. The van der Waals surface area contributed by atoms with Crippen molar-refractivity contribution in [2.45, 2.75) is 40.5 Å². The van der Waals surface area contributed by atoms with Crippen molar-refractivity contribution in [1.29, 1.82) is 0 Å². The van der Waals surface area contributed by atoms with Gasteiger partial charge < -0.3 is 0 Å². The minimum absolute atomic E-state index is 1.05. The normalized spacial score (nSPS) is 19.6. The van der Waals surface area contributed by atoms with Crippen molar-refractivity contribution in [1.82, 2.24) is 0 Å². The molecule has 0 aromatic carbocycles. The number of hydrogen-bond acceptors (Lipinski definition) is 1. The molecule has 1 nitrogen and oxygen atoms in total. The number of carbonyl (C=O) groups is 1. The van der Waals surface area contributed by atoms with Crippen molar-refractivity contribution in [3.63, 3.8) is 0 Å². The summed E-state index contributed by atoms with van der Waals surface area (Å²) in [6, 6.07) is 0. The van der Waals surface area contributed by atoms with Crippen LogP contribution in [0.2, 0.25) is 14.8 Å². The van der Waals surface area contributed by atoms with Gasteiger partial charge in [-0.25, -0.2) is 0 Å². The molecule has 0 spiro atoms.